The standard InChI is InChI=1S/C37H77N.C32H36B/c1-4-6-8-10-12-14-16-18-20-22-24-26-28-30-32-34-36-38(3)37-35-33-31-29-27-25-23-21-19-17-15-13-11-9-7-5-2;1-21-9-22(2)14-29(13-21)33(30-15-23(3)10-24(4)16-30,31-17-25(5)11-26(6)18-31)32-19-27(7)12-28(8)20-32/h4-37H2,1-3H3;9-20H,1-8H3/q;-1/p+1. The quantitative estimate of drug-likeness (QED) is 0.0337. The molecule has 398 valence electrons. The van der Waals surface area contributed by atoms with Gasteiger partial charge in [0.25, 0.3) is 0 Å². The van der Waals surface area contributed by atoms with Gasteiger partial charge < -0.3 is 4.90 Å². The van der Waals surface area contributed by atoms with E-state index in [1.807, 2.05) is 0 Å². The number of aryl methyl sites for hydroxylation is 8. The molecule has 0 aliphatic carbocycles. The molecule has 0 heterocycles. The van der Waals surface area contributed by atoms with Crippen molar-refractivity contribution in [3.8, 4) is 0 Å². The Morgan fingerprint density at radius 3 is 0.563 bits per heavy atom. The molecule has 0 aromatic heterocycles. The van der Waals surface area contributed by atoms with Crippen molar-refractivity contribution in [3.05, 3.63) is 117 Å². The van der Waals surface area contributed by atoms with Crippen LogP contribution in [0.3, 0.4) is 0 Å². The molecule has 0 spiro atoms. The number of quaternary nitrogens is 1. The molecule has 0 amide bonds. The van der Waals surface area contributed by atoms with Gasteiger partial charge in [-0.05, 0) is 81.1 Å². The summed E-state index contributed by atoms with van der Waals surface area (Å²) in [6.07, 6.45) is 45.7. The maximum Gasteiger partial charge on any atom is 0.108 e. The molecule has 0 atom stereocenters. The third-order valence-corrected chi connectivity index (χ3v) is 15.9. The van der Waals surface area contributed by atoms with Gasteiger partial charge in [-0.25, -0.2) is 0 Å². The zero-order valence-corrected chi connectivity index (χ0v) is 49.0. The van der Waals surface area contributed by atoms with Gasteiger partial charge in [0.1, 0.15) is 6.15 Å². The van der Waals surface area contributed by atoms with Crippen LogP contribution in [0.5, 0.6) is 0 Å². The first-order valence-electron chi connectivity index (χ1n) is 30.7. The Bertz CT molecular complexity index is 1640. The van der Waals surface area contributed by atoms with Gasteiger partial charge in [0.2, 0.25) is 0 Å². The summed E-state index contributed by atoms with van der Waals surface area (Å²) < 4.78 is 0. The zero-order valence-electron chi connectivity index (χ0n) is 49.0. The molecule has 4 aromatic rings. The van der Waals surface area contributed by atoms with Gasteiger partial charge in [-0.15, -0.1) is 0 Å². The van der Waals surface area contributed by atoms with Crippen molar-refractivity contribution in [3.63, 3.8) is 0 Å². The van der Waals surface area contributed by atoms with E-state index in [1.165, 1.54) is 285 Å². The molecule has 0 aliphatic heterocycles. The van der Waals surface area contributed by atoms with Gasteiger partial charge in [-0.3, -0.25) is 0 Å². The van der Waals surface area contributed by atoms with Crippen LogP contribution in [0.15, 0.2) is 72.8 Å². The lowest BCUT2D eigenvalue weighted by Crippen LogP contribution is -3.09. The minimum atomic E-state index is -1.37. The SMILES string of the molecule is CCCCCCCCCCCCCCCCCC[NH+](C)CCCCCCCCCCCCCCCCCC.Cc1cc(C)cc([B-](c2cc(C)cc(C)c2)(c2cc(C)cc(C)c2)c2cc(C)cc(C)c2)c1. The second-order valence-electron chi connectivity index (χ2n) is 23.6. The molecule has 0 unspecified atom stereocenters. The molecule has 4 aromatic carbocycles. The summed E-state index contributed by atoms with van der Waals surface area (Å²) in [5, 5.41) is 0. The highest BCUT2D eigenvalue weighted by atomic mass is 15.1. The summed E-state index contributed by atoms with van der Waals surface area (Å²) in [5.74, 6) is 0. The summed E-state index contributed by atoms with van der Waals surface area (Å²) in [6, 6.07) is 28.5. The van der Waals surface area contributed by atoms with E-state index in [9.17, 15) is 0 Å². The number of benzene rings is 4. The molecule has 0 fully saturated rings. The average Bonchev–Trinajstić information content (AvgIpc) is 3.30. The molecular formula is C69H114BN. The lowest BCUT2D eigenvalue weighted by Gasteiger charge is -2.46. The molecule has 0 saturated heterocycles. The second kappa shape index (κ2) is 37.6. The smallest absolute Gasteiger partial charge is 0.108 e. The normalized spacial score (nSPS) is 11.7. The monoisotopic (exact) mass is 968 g/mol. The van der Waals surface area contributed by atoms with E-state index in [-0.39, 0.29) is 0 Å². The molecule has 0 radical (unpaired) electrons. The van der Waals surface area contributed by atoms with E-state index in [0.29, 0.717) is 0 Å². The van der Waals surface area contributed by atoms with Gasteiger partial charge in [-0.2, -0.15) is 21.9 Å². The zero-order chi connectivity index (χ0) is 51.5. The van der Waals surface area contributed by atoms with Crippen LogP contribution in [0.2, 0.25) is 0 Å². The van der Waals surface area contributed by atoms with Gasteiger partial charge in [0, 0.05) is 0 Å². The molecule has 0 bridgehead atoms. The predicted molar refractivity (Wildman–Crippen MR) is 324 cm³/mol. The van der Waals surface area contributed by atoms with E-state index < -0.39 is 6.15 Å². The first kappa shape index (κ1) is 62.2. The first-order valence-corrected chi connectivity index (χ1v) is 30.7. The van der Waals surface area contributed by atoms with E-state index in [0.717, 1.165) is 0 Å². The first-order chi connectivity index (χ1) is 34.4. The number of hydrogen-bond acceptors (Lipinski definition) is 0. The Morgan fingerprint density at radius 1 is 0.239 bits per heavy atom. The second-order valence-corrected chi connectivity index (χ2v) is 23.6. The molecule has 0 aliphatic rings. The Morgan fingerprint density at radius 2 is 0.394 bits per heavy atom. The number of nitrogens with one attached hydrogen (secondary N) is 1. The number of rotatable bonds is 38. The van der Waals surface area contributed by atoms with Crippen LogP contribution < -0.4 is 26.8 Å². The predicted octanol–water partition coefficient (Wildman–Crippen LogP) is 17.6. The average molecular weight is 968 g/mol. The van der Waals surface area contributed by atoms with Gasteiger partial charge in [0.05, 0.1) is 20.1 Å². The third kappa shape index (κ3) is 25.6. The fraction of sp³-hybridized carbons (Fsp3) is 0.652. The molecule has 1 nitrogen and oxygen atoms in total. The molecule has 71 heavy (non-hydrogen) atoms. The lowest BCUT2D eigenvalue weighted by atomic mass is 9.12. The highest BCUT2D eigenvalue weighted by molar-refractivity contribution is 7.20. The van der Waals surface area contributed by atoms with Crippen molar-refractivity contribution in [2.45, 2.75) is 275 Å². The Hall–Kier alpha value is -3.10. The summed E-state index contributed by atoms with van der Waals surface area (Å²) in [7, 11) is 2.43. The summed E-state index contributed by atoms with van der Waals surface area (Å²) in [6.45, 7) is 25.2. The minimum Gasteiger partial charge on any atom is -0.337 e. The molecule has 1 N–H and O–H groups in total. The fourth-order valence-electron chi connectivity index (χ4n) is 12.3. The van der Waals surface area contributed by atoms with Crippen molar-refractivity contribution in [1.82, 2.24) is 0 Å². The Labute approximate surface area is 442 Å². The van der Waals surface area contributed by atoms with Crippen LogP contribution in [0.4, 0.5) is 0 Å². The highest BCUT2D eigenvalue weighted by Gasteiger charge is 2.33. The summed E-state index contributed by atoms with van der Waals surface area (Å²) in [5.41, 5.74) is 16.1. The van der Waals surface area contributed by atoms with Crippen LogP contribution in [0.1, 0.15) is 264 Å². The summed E-state index contributed by atoms with van der Waals surface area (Å²) >= 11 is 0. The maximum atomic E-state index is 2.43. The van der Waals surface area contributed by atoms with Crippen molar-refractivity contribution < 1.29 is 4.90 Å². The Kier molecular flexibility index (Phi) is 32.9. The van der Waals surface area contributed by atoms with Crippen LogP contribution in [-0.2, 0) is 0 Å². The topological polar surface area (TPSA) is 4.44 Å². The number of hydrogen-bond donors (Lipinski definition) is 1. The third-order valence-electron chi connectivity index (χ3n) is 15.9. The van der Waals surface area contributed by atoms with Crippen LogP contribution in [0, 0.1) is 55.4 Å². The lowest BCUT2D eigenvalue weighted by molar-refractivity contribution is -0.880. The van der Waals surface area contributed by atoms with Crippen molar-refractivity contribution in [2.24, 2.45) is 0 Å². The number of unbranched alkanes of at least 4 members (excludes halogenated alkanes) is 30. The van der Waals surface area contributed by atoms with E-state index in [2.05, 4.69) is 149 Å². The van der Waals surface area contributed by atoms with Crippen LogP contribution >= 0.6 is 0 Å². The fourth-order valence-corrected chi connectivity index (χ4v) is 12.3. The highest BCUT2D eigenvalue weighted by Crippen LogP contribution is 2.19. The Balaban J connectivity index is 0.000000378. The molecule has 0 saturated carbocycles. The van der Waals surface area contributed by atoms with Gasteiger partial charge in [-0.1, -0.05) is 311 Å². The van der Waals surface area contributed by atoms with Crippen LogP contribution in [-0.4, -0.2) is 26.3 Å². The largest absolute Gasteiger partial charge is 0.337 e. The molecular weight excluding hydrogens is 854 g/mol. The summed E-state index contributed by atoms with van der Waals surface area (Å²) in [4.78, 5) is 1.78. The maximum absolute atomic E-state index is 2.43. The van der Waals surface area contributed by atoms with E-state index in [4.69, 9.17) is 0 Å². The molecule has 4 rings (SSSR count). The van der Waals surface area contributed by atoms with Crippen molar-refractivity contribution in [2.75, 3.05) is 20.1 Å². The van der Waals surface area contributed by atoms with Crippen molar-refractivity contribution in [1.29, 1.82) is 0 Å². The van der Waals surface area contributed by atoms with Crippen molar-refractivity contribution >= 4 is 28.0 Å². The minimum absolute atomic E-state index is 1.31. The van der Waals surface area contributed by atoms with Crippen LogP contribution in [0.25, 0.3) is 0 Å². The van der Waals surface area contributed by atoms with E-state index in [1.54, 1.807) is 4.90 Å². The van der Waals surface area contributed by atoms with E-state index >= 15 is 0 Å². The molecule has 2 heteroatoms. The van der Waals surface area contributed by atoms with Gasteiger partial charge in [0.15, 0.2) is 0 Å². The van der Waals surface area contributed by atoms with Gasteiger partial charge >= 0.3 is 0 Å².